The second-order valence-electron chi connectivity index (χ2n) is 4.32. The fourth-order valence-corrected chi connectivity index (χ4v) is 3.43. The molecular weight excluding hydrogens is 336 g/mol. The number of ketones is 1. The Bertz CT molecular complexity index is 792. The van der Waals surface area contributed by atoms with Crippen LogP contribution in [0.5, 0.6) is 5.75 Å². The summed E-state index contributed by atoms with van der Waals surface area (Å²) in [5.41, 5.74) is 1.31. The van der Waals surface area contributed by atoms with E-state index in [1.165, 1.54) is 0 Å². The molecule has 1 heterocycles. The molecule has 0 saturated heterocycles. The normalized spacial score (nSPS) is 10.7. The van der Waals surface area contributed by atoms with Crippen LogP contribution >= 0.6 is 27.3 Å². The molecule has 2 nitrogen and oxygen atoms in total. The Morgan fingerprint density at radius 3 is 2.75 bits per heavy atom. The molecule has 100 valence electrons. The maximum absolute atomic E-state index is 12.7. The van der Waals surface area contributed by atoms with Gasteiger partial charge in [-0.25, -0.2) is 0 Å². The van der Waals surface area contributed by atoms with Crippen LogP contribution in [0.15, 0.2) is 52.3 Å². The molecule has 0 aliphatic carbocycles. The Morgan fingerprint density at radius 1 is 1.15 bits per heavy atom. The van der Waals surface area contributed by atoms with Crippen LogP contribution in [0.4, 0.5) is 0 Å². The van der Waals surface area contributed by atoms with Crippen LogP contribution in [-0.4, -0.2) is 12.9 Å². The molecule has 0 atom stereocenters. The highest BCUT2D eigenvalue weighted by molar-refractivity contribution is 9.10. The van der Waals surface area contributed by atoms with Crippen LogP contribution in [0.3, 0.4) is 0 Å². The van der Waals surface area contributed by atoms with Gasteiger partial charge in [0.2, 0.25) is 0 Å². The van der Waals surface area contributed by atoms with Crippen molar-refractivity contribution in [1.29, 1.82) is 0 Å². The zero-order valence-electron chi connectivity index (χ0n) is 10.7. The molecule has 3 rings (SSSR count). The molecular formula is C16H11BrO2S. The predicted octanol–water partition coefficient (Wildman–Crippen LogP) is 4.90. The Morgan fingerprint density at radius 2 is 1.95 bits per heavy atom. The van der Waals surface area contributed by atoms with Gasteiger partial charge in [0.25, 0.3) is 0 Å². The van der Waals surface area contributed by atoms with Gasteiger partial charge in [-0.05, 0) is 24.3 Å². The summed E-state index contributed by atoms with van der Waals surface area (Å²) in [6.45, 7) is 0. The largest absolute Gasteiger partial charge is 0.496 e. The van der Waals surface area contributed by atoms with Crippen molar-refractivity contribution in [2.24, 2.45) is 0 Å². The van der Waals surface area contributed by atoms with Gasteiger partial charge in [-0.2, -0.15) is 0 Å². The second kappa shape index (κ2) is 5.38. The number of carbonyl (C=O) groups excluding carboxylic acids is 1. The minimum Gasteiger partial charge on any atom is -0.496 e. The van der Waals surface area contributed by atoms with Crippen molar-refractivity contribution in [3.05, 3.63) is 63.4 Å². The maximum atomic E-state index is 12.7. The lowest BCUT2D eigenvalue weighted by Gasteiger charge is -2.07. The average Bonchev–Trinajstić information content (AvgIpc) is 2.90. The van der Waals surface area contributed by atoms with Gasteiger partial charge in [0.05, 0.1) is 12.7 Å². The van der Waals surface area contributed by atoms with Crippen molar-refractivity contribution in [3.63, 3.8) is 0 Å². The van der Waals surface area contributed by atoms with Gasteiger partial charge in [0.1, 0.15) is 5.75 Å². The van der Waals surface area contributed by atoms with E-state index in [9.17, 15) is 4.79 Å². The number of methoxy groups -OCH3 is 1. The van der Waals surface area contributed by atoms with E-state index in [0.717, 1.165) is 20.1 Å². The van der Waals surface area contributed by atoms with Gasteiger partial charge < -0.3 is 4.74 Å². The van der Waals surface area contributed by atoms with Crippen molar-refractivity contribution >= 4 is 43.1 Å². The molecule has 1 aromatic heterocycles. The molecule has 3 aromatic rings. The van der Waals surface area contributed by atoms with Gasteiger partial charge in [0, 0.05) is 25.5 Å². The first-order chi connectivity index (χ1) is 9.70. The first kappa shape index (κ1) is 13.3. The molecule has 0 aliphatic heterocycles. The third-order valence-corrected chi connectivity index (χ3v) is 4.59. The molecule has 0 amide bonds. The van der Waals surface area contributed by atoms with E-state index >= 15 is 0 Å². The molecule has 0 unspecified atom stereocenters. The zero-order valence-corrected chi connectivity index (χ0v) is 13.1. The molecule has 0 N–H and O–H groups in total. The summed E-state index contributed by atoms with van der Waals surface area (Å²) in [6, 6.07) is 13.4. The first-order valence-electron chi connectivity index (χ1n) is 6.05. The summed E-state index contributed by atoms with van der Waals surface area (Å²) in [5.74, 6) is 0.575. The smallest absolute Gasteiger partial charge is 0.198 e. The Kier molecular flexibility index (Phi) is 3.59. The van der Waals surface area contributed by atoms with Crippen LogP contribution in [0.2, 0.25) is 0 Å². The van der Waals surface area contributed by atoms with Gasteiger partial charge >= 0.3 is 0 Å². The van der Waals surface area contributed by atoms with Crippen molar-refractivity contribution < 1.29 is 9.53 Å². The van der Waals surface area contributed by atoms with Gasteiger partial charge in [-0.15, -0.1) is 11.3 Å². The first-order valence-corrected chi connectivity index (χ1v) is 7.72. The predicted molar refractivity (Wildman–Crippen MR) is 86.0 cm³/mol. The van der Waals surface area contributed by atoms with Crippen molar-refractivity contribution in [1.82, 2.24) is 0 Å². The van der Waals surface area contributed by atoms with E-state index < -0.39 is 0 Å². The number of halogens is 1. The molecule has 0 bridgehead atoms. The van der Waals surface area contributed by atoms with Gasteiger partial charge in [0.15, 0.2) is 5.78 Å². The van der Waals surface area contributed by atoms with Crippen LogP contribution in [0, 0.1) is 0 Å². The number of thiophene rings is 1. The topological polar surface area (TPSA) is 26.3 Å². The van der Waals surface area contributed by atoms with Crippen LogP contribution in [0.1, 0.15) is 15.9 Å². The van der Waals surface area contributed by atoms with E-state index in [2.05, 4.69) is 15.9 Å². The molecule has 0 radical (unpaired) electrons. The minimum atomic E-state index is -0.00759. The summed E-state index contributed by atoms with van der Waals surface area (Å²) >= 11 is 4.97. The maximum Gasteiger partial charge on any atom is 0.198 e. The molecule has 0 aliphatic rings. The SMILES string of the molecule is COc1cc(Br)ccc1C(=O)c1csc2ccccc12. The van der Waals surface area contributed by atoms with E-state index in [-0.39, 0.29) is 5.78 Å². The highest BCUT2D eigenvalue weighted by Crippen LogP contribution is 2.31. The highest BCUT2D eigenvalue weighted by Gasteiger charge is 2.18. The molecule has 0 saturated carbocycles. The Balaban J connectivity index is 2.13. The standard InChI is InChI=1S/C16H11BrO2S/c1-19-14-8-10(17)6-7-12(14)16(18)13-9-20-15-5-3-2-4-11(13)15/h2-9H,1H3. The van der Waals surface area contributed by atoms with Crippen molar-refractivity contribution in [2.75, 3.05) is 7.11 Å². The lowest BCUT2D eigenvalue weighted by Crippen LogP contribution is -2.03. The van der Waals surface area contributed by atoms with E-state index in [1.54, 1.807) is 24.5 Å². The molecule has 20 heavy (non-hydrogen) atoms. The molecule has 2 aromatic carbocycles. The molecule has 0 fully saturated rings. The van der Waals surface area contributed by atoms with E-state index in [4.69, 9.17) is 4.74 Å². The third kappa shape index (κ3) is 2.25. The highest BCUT2D eigenvalue weighted by atomic mass is 79.9. The number of hydrogen-bond donors (Lipinski definition) is 0. The van der Waals surface area contributed by atoms with E-state index in [0.29, 0.717) is 11.3 Å². The quantitative estimate of drug-likeness (QED) is 0.630. The lowest BCUT2D eigenvalue weighted by molar-refractivity contribution is 0.103. The second-order valence-corrected chi connectivity index (χ2v) is 6.15. The monoisotopic (exact) mass is 346 g/mol. The minimum absolute atomic E-state index is 0.00759. The molecule has 4 heteroatoms. The third-order valence-electron chi connectivity index (χ3n) is 3.13. The number of benzene rings is 2. The summed E-state index contributed by atoms with van der Waals surface area (Å²) in [4.78, 5) is 12.7. The summed E-state index contributed by atoms with van der Waals surface area (Å²) in [7, 11) is 1.57. The lowest BCUT2D eigenvalue weighted by atomic mass is 10.0. The van der Waals surface area contributed by atoms with Crippen LogP contribution < -0.4 is 4.74 Å². The summed E-state index contributed by atoms with van der Waals surface area (Å²) < 4.78 is 7.32. The number of fused-ring (bicyclic) bond motifs is 1. The molecule has 0 spiro atoms. The number of ether oxygens (including phenoxy) is 1. The van der Waals surface area contributed by atoms with E-state index in [1.807, 2.05) is 41.8 Å². The number of hydrogen-bond acceptors (Lipinski definition) is 3. The summed E-state index contributed by atoms with van der Waals surface area (Å²) in [5, 5.41) is 2.90. The van der Waals surface area contributed by atoms with Crippen molar-refractivity contribution in [2.45, 2.75) is 0 Å². The van der Waals surface area contributed by atoms with Crippen LogP contribution in [-0.2, 0) is 0 Å². The van der Waals surface area contributed by atoms with Crippen LogP contribution in [0.25, 0.3) is 10.1 Å². The number of carbonyl (C=O) groups is 1. The van der Waals surface area contributed by atoms with Gasteiger partial charge in [-0.1, -0.05) is 34.1 Å². The fourth-order valence-electron chi connectivity index (χ4n) is 2.15. The zero-order chi connectivity index (χ0) is 14.1. The number of rotatable bonds is 3. The average molecular weight is 347 g/mol. The van der Waals surface area contributed by atoms with Crippen molar-refractivity contribution in [3.8, 4) is 5.75 Å². The van der Waals surface area contributed by atoms with Gasteiger partial charge in [-0.3, -0.25) is 4.79 Å². The Labute approximate surface area is 129 Å². The summed E-state index contributed by atoms with van der Waals surface area (Å²) in [6.07, 6.45) is 0. The fraction of sp³-hybridized carbons (Fsp3) is 0.0625. The Hall–Kier alpha value is -1.65.